The molecule has 8 heteroatoms. The normalized spacial score (nSPS) is 12.5. The SMILES string of the molecule is CNC(C[N+](=O)[O-])NCCSCc1ccc(CO)o1. The van der Waals surface area contributed by atoms with Crippen LogP contribution in [0.25, 0.3) is 0 Å². The van der Waals surface area contributed by atoms with Crippen LogP contribution in [0.3, 0.4) is 0 Å². The van der Waals surface area contributed by atoms with Crippen LogP contribution in [0.1, 0.15) is 11.5 Å². The Bertz CT molecular complexity index is 386. The van der Waals surface area contributed by atoms with E-state index in [0.29, 0.717) is 12.3 Å². The van der Waals surface area contributed by atoms with E-state index in [4.69, 9.17) is 9.52 Å². The molecular formula is C11H19N3O4S. The zero-order valence-corrected chi connectivity index (χ0v) is 11.6. The van der Waals surface area contributed by atoms with E-state index in [1.165, 1.54) is 0 Å². The highest BCUT2D eigenvalue weighted by Crippen LogP contribution is 2.14. The van der Waals surface area contributed by atoms with Crippen molar-refractivity contribution in [2.45, 2.75) is 18.5 Å². The van der Waals surface area contributed by atoms with Crippen LogP contribution in [0.2, 0.25) is 0 Å². The first-order valence-electron chi connectivity index (χ1n) is 5.94. The number of aliphatic hydroxyl groups is 1. The van der Waals surface area contributed by atoms with Gasteiger partial charge < -0.3 is 9.52 Å². The molecule has 1 aromatic heterocycles. The first kappa shape index (κ1) is 16.0. The van der Waals surface area contributed by atoms with E-state index >= 15 is 0 Å². The minimum atomic E-state index is -0.347. The predicted octanol–water partition coefficient (Wildman–Crippen LogP) is 0.417. The molecule has 19 heavy (non-hydrogen) atoms. The van der Waals surface area contributed by atoms with E-state index in [1.807, 2.05) is 6.07 Å². The minimum Gasteiger partial charge on any atom is -0.463 e. The van der Waals surface area contributed by atoms with Crippen LogP contribution in [0, 0.1) is 10.1 Å². The van der Waals surface area contributed by atoms with Gasteiger partial charge in [0.05, 0.1) is 5.75 Å². The van der Waals surface area contributed by atoms with Gasteiger partial charge in [-0.15, -0.1) is 0 Å². The summed E-state index contributed by atoms with van der Waals surface area (Å²) in [5, 5.41) is 25.1. The van der Waals surface area contributed by atoms with Crippen molar-refractivity contribution in [3.8, 4) is 0 Å². The van der Waals surface area contributed by atoms with Crippen LogP contribution in [-0.4, -0.2) is 42.1 Å². The first-order chi connectivity index (χ1) is 9.15. The van der Waals surface area contributed by atoms with E-state index < -0.39 is 0 Å². The van der Waals surface area contributed by atoms with Crippen molar-refractivity contribution in [3.63, 3.8) is 0 Å². The van der Waals surface area contributed by atoms with Gasteiger partial charge in [-0.05, 0) is 19.2 Å². The summed E-state index contributed by atoms with van der Waals surface area (Å²) in [7, 11) is 1.69. The molecule has 1 rings (SSSR count). The van der Waals surface area contributed by atoms with Crippen molar-refractivity contribution in [1.82, 2.24) is 10.6 Å². The lowest BCUT2D eigenvalue weighted by atomic mass is 10.4. The molecule has 7 nitrogen and oxygen atoms in total. The summed E-state index contributed by atoms with van der Waals surface area (Å²) < 4.78 is 5.34. The van der Waals surface area contributed by atoms with Crippen molar-refractivity contribution < 1.29 is 14.4 Å². The summed E-state index contributed by atoms with van der Waals surface area (Å²) in [5.41, 5.74) is 0. The second kappa shape index (κ2) is 8.92. The summed E-state index contributed by atoms with van der Waals surface area (Å²) >= 11 is 1.67. The third kappa shape index (κ3) is 6.58. The number of nitrogens with zero attached hydrogens (tertiary/aromatic N) is 1. The first-order valence-corrected chi connectivity index (χ1v) is 7.09. The summed E-state index contributed by atoms with van der Waals surface area (Å²) in [4.78, 5) is 10.0. The number of nitrogens with one attached hydrogen (secondary N) is 2. The van der Waals surface area contributed by atoms with E-state index in [0.717, 1.165) is 17.3 Å². The molecule has 108 valence electrons. The molecule has 1 unspecified atom stereocenters. The lowest BCUT2D eigenvalue weighted by molar-refractivity contribution is -0.484. The highest BCUT2D eigenvalue weighted by atomic mass is 32.2. The Labute approximate surface area is 115 Å². The van der Waals surface area contributed by atoms with Crippen molar-refractivity contribution >= 4 is 11.8 Å². The van der Waals surface area contributed by atoms with Gasteiger partial charge in [-0.1, -0.05) is 0 Å². The number of thioether (sulfide) groups is 1. The van der Waals surface area contributed by atoms with E-state index in [-0.39, 0.29) is 24.2 Å². The highest BCUT2D eigenvalue weighted by Gasteiger charge is 2.11. The Morgan fingerprint density at radius 3 is 2.84 bits per heavy atom. The van der Waals surface area contributed by atoms with Crippen LogP contribution in [-0.2, 0) is 12.4 Å². The molecule has 1 aromatic rings. The molecule has 0 bridgehead atoms. The summed E-state index contributed by atoms with van der Waals surface area (Å²) in [5.74, 6) is 2.94. The van der Waals surface area contributed by atoms with Gasteiger partial charge in [0.2, 0.25) is 6.54 Å². The predicted molar refractivity (Wildman–Crippen MR) is 73.5 cm³/mol. The molecule has 0 aliphatic carbocycles. The van der Waals surface area contributed by atoms with Gasteiger partial charge in [0, 0.05) is 17.2 Å². The van der Waals surface area contributed by atoms with Crippen LogP contribution in [0.4, 0.5) is 0 Å². The topological polar surface area (TPSA) is 101 Å². The molecule has 0 aliphatic rings. The van der Waals surface area contributed by atoms with Crippen LogP contribution in [0.15, 0.2) is 16.5 Å². The second-order valence-corrected chi connectivity index (χ2v) is 4.99. The van der Waals surface area contributed by atoms with Gasteiger partial charge in [0.1, 0.15) is 24.3 Å². The number of hydrogen-bond acceptors (Lipinski definition) is 7. The van der Waals surface area contributed by atoms with E-state index in [1.54, 1.807) is 24.9 Å². The molecule has 0 radical (unpaired) electrons. The Hall–Kier alpha value is -1.09. The molecule has 0 aliphatic heterocycles. The molecule has 0 saturated heterocycles. The lowest BCUT2D eigenvalue weighted by Gasteiger charge is -2.13. The summed E-state index contributed by atoms with van der Waals surface area (Å²) in [6, 6.07) is 3.59. The lowest BCUT2D eigenvalue weighted by Crippen LogP contribution is -2.46. The Morgan fingerprint density at radius 2 is 2.26 bits per heavy atom. The van der Waals surface area contributed by atoms with Gasteiger partial charge in [-0.2, -0.15) is 11.8 Å². The number of nitro groups is 1. The number of furan rings is 1. The van der Waals surface area contributed by atoms with Gasteiger partial charge in [0.25, 0.3) is 0 Å². The van der Waals surface area contributed by atoms with Gasteiger partial charge in [-0.25, -0.2) is 0 Å². The molecule has 0 fully saturated rings. The quantitative estimate of drug-likeness (QED) is 0.248. The van der Waals surface area contributed by atoms with Crippen molar-refractivity contribution in [2.75, 3.05) is 25.9 Å². The Kier molecular flexibility index (Phi) is 7.49. The highest BCUT2D eigenvalue weighted by molar-refractivity contribution is 7.98. The van der Waals surface area contributed by atoms with E-state index in [2.05, 4.69) is 10.6 Å². The maximum absolute atomic E-state index is 10.4. The van der Waals surface area contributed by atoms with Crippen molar-refractivity contribution in [1.29, 1.82) is 0 Å². The van der Waals surface area contributed by atoms with Crippen molar-refractivity contribution in [2.24, 2.45) is 0 Å². The third-order valence-corrected chi connectivity index (χ3v) is 3.42. The molecule has 1 atom stereocenters. The van der Waals surface area contributed by atoms with Gasteiger partial charge >= 0.3 is 0 Å². The average Bonchev–Trinajstić information content (AvgIpc) is 2.84. The van der Waals surface area contributed by atoms with Crippen LogP contribution in [0.5, 0.6) is 0 Å². The van der Waals surface area contributed by atoms with E-state index in [9.17, 15) is 10.1 Å². The number of likely N-dealkylation sites (N-methyl/N-ethyl adjacent to an activating group) is 1. The second-order valence-electron chi connectivity index (χ2n) is 3.89. The van der Waals surface area contributed by atoms with Crippen LogP contribution < -0.4 is 10.6 Å². The molecule has 3 N–H and O–H groups in total. The standard InChI is InChI=1S/C11H19N3O4S/c1-12-11(6-14(16)17)13-4-5-19-8-10-3-2-9(7-15)18-10/h2-3,11-13,15H,4-8H2,1H3. The zero-order chi connectivity index (χ0) is 14.1. The fourth-order valence-corrected chi connectivity index (χ4v) is 2.23. The zero-order valence-electron chi connectivity index (χ0n) is 10.8. The Balaban J connectivity index is 2.11. The molecule has 0 spiro atoms. The minimum absolute atomic E-state index is 0.0863. The number of aliphatic hydroxyl groups excluding tert-OH is 1. The molecule has 0 aromatic carbocycles. The smallest absolute Gasteiger partial charge is 0.231 e. The van der Waals surface area contributed by atoms with Gasteiger partial charge in [0.15, 0.2) is 0 Å². The van der Waals surface area contributed by atoms with Crippen LogP contribution >= 0.6 is 11.8 Å². The van der Waals surface area contributed by atoms with Gasteiger partial charge in [-0.3, -0.25) is 20.7 Å². The average molecular weight is 289 g/mol. The summed E-state index contributed by atoms with van der Waals surface area (Å²) in [6.45, 7) is 0.452. The maximum atomic E-state index is 10.4. The fourth-order valence-electron chi connectivity index (χ4n) is 1.47. The summed E-state index contributed by atoms with van der Waals surface area (Å²) in [6.07, 6.45) is -0.305. The third-order valence-electron chi connectivity index (χ3n) is 2.43. The number of rotatable bonds is 10. The Morgan fingerprint density at radius 1 is 1.53 bits per heavy atom. The molecule has 1 heterocycles. The monoisotopic (exact) mass is 289 g/mol. The largest absolute Gasteiger partial charge is 0.463 e. The molecular weight excluding hydrogens is 270 g/mol. The fraction of sp³-hybridized carbons (Fsp3) is 0.636. The molecule has 0 amide bonds. The molecule has 0 saturated carbocycles. The van der Waals surface area contributed by atoms with Crippen molar-refractivity contribution in [3.05, 3.63) is 33.8 Å². The maximum Gasteiger partial charge on any atom is 0.231 e. The number of hydrogen-bond donors (Lipinski definition) is 3.